The summed E-state index contributed by atoms with van der Waals surface area (Å²) < 4.78 is 13.3. The molecule has 0 heterocycles. The highest BCUT2D eigenvalue weighted by Gasteiger charge is 2.44. The van der Waals surface area contributed by atoms with Gasteiger partial charge in [-0.1, -0.05) is 12.5 Å². The van der Waals surface area contributed by atoms with Crippen LogP contribution in [0.1, 0.15) is 32.6 Å². The average molecular weight is 293 g/mol. The molecule has 5 heteroatoms. The van der Waals surface area contributed by atoms with Gasteiger partial charge >= 0.3 is 0 Å². The van der Waals surface area contributed by atoms with E-state index in [2.05, 4.69) is 4.90 Å². The summed E-state index contributed by atoms with van der Waals surface area (Å²) in [4.78, 5) is 13.7. The number of nitrogens with two attached hydrogens (primary N) is 2. The van der Waals surface area contributed by atoms with Crippen molar-refractivity contribution in [3.8, 4) is 0 Å². The van der Waals surface area contributed by atoms with E-state index in [0.29, 0.717) is 6.42 Å². The van der Waals surface area contributed by atoms with E-state index in [-0.39, 0.29) is 11.7 Å². The molecule has 116 valence electrons. The molecule has 0 saturated heterocycles. The molecule has 1 aliphatic rings. The second-order valence-electron chi connectivity index (χ2n) is 5.84. The highest BCUT2D eigenvalue weighted by atomic mass is 19.1. The van der Waals surface area contributed by atoms with E-state index >= 15 is 0 Å². The van der Waals surface area contributed by atoms with E-state index in [1.165, 1.54) is 12.1 Å². The molecular weight excluding hydrogens is 269 g/mol. The molecule has 0 bridgehead atoms. The summed E-state index contributed by atoms with van der Waals surface area (Å²) >= 11 is 0. The SMILES string of the molecule is CCN(CCC1CCCC1(N)C(N)=O)c1cccc(F)c1. The van der Waals surface area contributed by atoms with Gasteiger partial charge in [0, 0.05) is 18.8 Å². The Morgan fingerprint density at radius 2 is 2.29 bits per heavy atom. The monoisotopic (exact) mass is 293 g/mol. The highest BCUT2D eigenvalue weighted by molar-refractivity contribution is 5.85. The predicted molar refractivity (Wildman–Crippen MR) is 82.4 cm³/mol. The maximum Gasteiger partial charge on any atom is 0.237 e. The highest BCUT2D eigenvalue weighted by Crippen LogP contribution is 2.36. The van der Waals surface area contributed by atoms with Crippen molar-refractivity contribution in [3.05, 3.63) is 30.1 Å². The van der Waals surface area contributed by atoms with Crippen molar-refractivity contribution in [1.82, 2.24) is 0 Å². The zero-order valence-electron chi connectivity index (χ0n) is 12.5. The maximum atomic E-state index is 13.3. The van der Waals surface area contributed by atoms with E-state index < -0.39 is 11.4 Å². The molecule has 1 amide bonds. The molecule has 2 unspecified atom stereocenters. The fourth-order valence-electron chi connectivity index (χ4n) is 3.28. The number of amides is 1. The normalized spacial score (nSPS) is 25.0. The summed E-state index contributed by atoms with van der Waals surface area (Å²) in [6.45, 7) is 3.56. The number of primary amides is 1. The van der Waals surface area contributed by atoms with Crippen LogP contribution in [0.15, 0.2) is 24.3 Å². The predicted octanol–water partition coefficient (Wildman–Crippen LogP) is 2.03. The number of hydrogen-bond donors (Lipinski definition) is 2. The molecule has 0 radical (unpaired) electrons. The minimum atomic E-state index is -0.874. The Balaban J connectivity index is 2.02. The van der Waals surface area contributed by atoms with E-state index in [1.54, 1.807) is 6.07 Å². The molecule has 1 fully saturated rings. The van der Waals surface area contributed by atoms with Gasteiger partial charge in [0.15, 0.2) is 0 Å². The van der Waals surface area contributed by atoms with E-state index in [0.717, 1.165) is 38.0 Å². The molecule has 4 N–H and O–H groups in total. The lowest BCUT2D eigenvalue weighted by Gasteiger charge is -2.31. The Morgan fingerprint density at radius 1 is 1.52 bits per heavy atom. The molecule has 1 aliphatic carbocycles. The summed E-state index contributed by atoms with van der Waals surface area (Å²) in [5, 5.41) is 0. The summed E-state index contributed by atoms with van der Waals surface area (Å²) in [5.41, 5.74) is 11.6. The number of rotatable bonds is 6. The Labute approximate surface area is 125 Å². The second kappa shape index (κ2) is 6.43. The van der Waals surface area contributed by atoms with Gasteiger partial charge in [0.2, 0.25) is 5.91 Å². The number of carbonyl (C=O) groups is 1. The van der Waals surface area contributed by atoms with Crippen LogP contribution in [0.3, 0.4) is 0 Å². The zero-order chi connectivity index (χ0) is 15.5. The van der Waals surface area contributed by atoms with Crippen molar-refractivity contribution in [2.24, 2.45) is 17.4 Å². The summed E-state index contributed by atoms with van der Waals surface area (Å²) in [7, 11) is 0. The van der Waals surface area contributed by atoms with Gasteiger partial charge in [-0.15, -0.1) is 0 Å². The Kier molecular flexibility index (Phi) is 4.83. The average Bonchev–Trinajstić information content (AvgIpc) is 2.82. The van der Waals surface area contributed by atoms with Crippen molar-refractivity contribution in [3.63, 3.8) is 0 Å². The molecule has 0 aliphatic heterocycles. The van der Waals surface area contributed by atoms with Crippen LogP contribution in [0, 0.1) is 11.7 Å². The maximum absolute atomic E-state index is 13.3. The number of nitrogens with zero attached hydrogens (tertiary/aromatic N) is 1. The first kappa shape index (κ1) is 15.8. The van der Waals surface area contributed by atoms with Crippen LogP contribution in [0.2, 0.25) is 0 Å². The lowest BCUT2D eigenvalue weighted by Crippen LogP contribution is -2.55. The first-order valence-corrected chi connectivity index (χ1v) is 7.56. The molecule has 4 nitrogen and oxygen atoms in total. The van der Waals surface area contributed by atoms with E-state index in [9.17, 15) is 9.18 Å². The summed E-state index contributed by atoms with van der Waals surface area (Å²) in [6.07, 6.45) is 3.33. The molecule has 1 aromatic carbocycles. The molecule has 2 atom stereocenters. The third-order valence-electron chi connectivity index (χ3n) is 4.63. The number of anilines is 1. The van der Waals surface area contributed by atoms with Gasteiger partial charge in [0.05, 0.1) is 5.54 Å². The standard InChI is InChI=1S/C16H24FN3O/c1-2-20(14-7-3-6-13(17)11-14)10-8-12-5-4-9-16(12,19)15(18)21/h3,6-7,11-12H,2,4-5,8-10,19H2,1H3,(H2,18,21). The first-order valence-electron chi connectivity index (χ1n) is 7.56. The molecule has 21 heavy (non-hydrogen) atoms. The number of carbonyl (C=O) groups excluding carboxylic acids is 1. The largest absolute Gasteiger partial charge is 0.372 e. The summed E-state index contributed by atoms with van der Waals surface area (Å²) in [6, 6.07) is 6.57. The van der Waals surface area contributed by atoms with Gasteiger partial charge in [0.25, 0.3) is 0 Å². The number of benzene rings is 1. The Hall–Kier alpha value is -1.62. The van der Waals surface area contributed by atoms with Gasteiger partial charge < -0.3 is 16.4 Å². The molecule has 1 aromatic rings. The lowest BCUT2D eigenvalue weighted by molar-refractivity contribution is -0.124. The van der Waals surface area contributed by atoms with Gasteiger partial charge in [-0.2, -0.15) is 0 Å². The molecule has 0 spiro atoms. The quantitative estimate of drug-likeness (QED) is 0.843. The number of halogens is 1. The molecule has 1 saturated carbocycles. The van der Waals surface area contributed by atoms with Crippen LogP contribution in [-0.4, -0.2) is 24.5 Å². The third kappa shape index (κ3) is 3.35. The first-order chi connectivity index (χ1) is 9.97. The van der Waals surface area contributed by atoms with Gasteiger partial charge in [-0.3, -0.25) is 4.79 Å². The molecule has 0 aromatic heterocycles. The zero-order valence-corrected chi connectivity index (χ0v) is 12.5. The topological polar surface area (TPSA) is 72.3 Å². The van der Waals surface area contributed by atoms with Crippen molar-refractivity contribution >= 4 is 11.6 Å². The number of hydrogen-bond acceptors (Lipinski definition) is 3. The minimum Gasteiger partial charge on any atom is -0.372 e. The second-order valence-corrected chi connectivity index (χ2v) is 5.84. The van der Waals surface area contributed by atoms with Crippen LogP contribution in [-0.2, 0) is 4.79 Å². The Bertz CT molecular complexity index is 508. The Morgan fingerprint density at radius 3 is 2.90 bits per heavy atom. The minimum absolute atomic E-state index is 0.109. The van der Waals surface area contributed by atoms with Crippen LogP contribution in [0.4, 0.5) is 10.1 Å². The van der Waals surface area contributed by atoms with Crippen LogP contribution in [0.5, 0.6) is 0 Å². The van der Waals surface area contributed by atoms with Crippen molar-refractivity contribution < 1.29 is 9.18 Å². The fraction of sp³-hybridized carbons (Fsp3) is 0.562. The van der Waals surface area contributed by atoms with Crippen molar-refractivity contribution in [2.45, 2.75) is 38.1 Å². The van der Waals surface area contributed by atoms with Crippen molar-refractivity contribution in [1.29, 1.82) is 0 Å². The summed E-state index contributed by atoms with van der Waals surface area (Å²) in [5.74, 6) is -0.534. The van der Waals surface area contributed by atoms with Gasteiger partial charge in [-0.25, -0.2) is 4.39 Å². The van der Waals surface area contributed by atoms with Crippen LogP contribution < -0.4 is 16.4 Å². The fourth-order valence-corrected chi connectivity index (χ4v) is 3.28. The third-order valence-corrected chi connectivity index (χ3v) is 4.63. The smallest absolute Gasteiger partial charge is 0.237 e. The van der Waals surface area contributed by atoms with Crippen LogP contribution >= 0.6 is 0 Å². The lowest BCUT2D eigenvalue weighted by atomic mass is 9.85. The van der Waals surface area contributed by atoms with E-state index in [1.807, 2.05) is 13.0 Å². The van der Waals surface area contributed by atoms with Crippen molar-refractivity contribution in [2.75, 3.05) is 18.0 Å². The molecular formula is C16H24FN3O. The van der Waals surface area contributed by atoms with E-state index in [4.69, 9.17) is 11.5 Å². The molecule has 2 rings (SSSR count). The van der Waals surface area contributed by atoms with Crippen LogP contribution in [0.25, 0.3) is 0 Å². The van der Waals surface area contributed by atoms with Gasteiger partial charge in [-0.05, 0) is 50.3 Å². The van der Waals surface area contributed by atoms with Gasteiger partial charge in [0.1, 0.15) is 5.82 Å².